The van der Waals surface area contributed by atoms with Crippen LogP contribution in [0.5, 0.6) is 0 Å². The first kappa shape index (κ1) is 22.0. The second kappa shape index (κ2) is 12.3. The smallest absolute Gasteiger partial charge is 0.111 e. The van der Waals surface area contributed by atoms with Crippen LogP contribution in [0.2, 0.25) is 0 Å². The molecule has 0 unspecified atom stereocenters. The molecule has 1 rings (SSSR count). The lowest BCUT2D eigenvalue weighted by Crippen LogP contribution is -2.50. The summed E-state index contributed by atoms with van der Waals surface area (Å²) in [4.78, 5) is 2.01. The lowest BCUT2D eigenvalue weighted by molar-refractivity contribution is -0.119. The Hall–Kier alpha value is -1.06. The second-order valence-electron chi connectivity index (χ2n) is 6.29. The van der Waals surface area contributed by atoms with Gasteiger partial charge in [0, 0.05) is 19.6 Å². The van der Waals surface area contributed by atoms with Crippen molar-refractivity contribution in [2.45, 2.75) is 37.3 Å². The number of aliphatic hydroxyl groups is 5. The highest BCUT2D eigenvalue weighted by atomic mass is 16.4. The van der Waals surface area contributed by atoms with Gasteiger partial charge in [-0.3, -0.25) is 4.90 Å². The fourth-order valence-electron chi connectivity index (χ4n) is 2.65. The molecule has 0 amide bonds. The zero-order valence-corrected chi connectivity index (χ0v) is 14.8. The Kier molecular flexibility index (Phi) is 10.8. The molecule has 0 aromatic heterocycles. The molecular formula is C18H32N2O5. The Morgan fingerprint density at radius 2 is 1.60 bits per heavy atom. The van der Waals surface area contributed by atoms with Crippen molar-refractivity contribution in [2.75, 3.05) is 39.8 Å². The molecule has 144 valence electrons. The Bertz CT molecular complexity index is 448. The van der Waals surface area contributed by atoms with Gasteiger partial charge in [-0.2, -0.15) is 0 Å². The topological polar surface area (TPSA) is 116 Å². The molecule has 7 heteroatoms. The van der Waals surface area contributed by atoms with Crippen molar-refractivity contribution >= 4 is 0 Å². The summed E-state index contributed by atoms with van der Waals surface area (Å²) in [6.45, 7) is 1.65. The summed E-state index contributed by atoms with van der Waals surface area (Å²) in [7, 11) is 1.84. The maximum atomic E-state index is 10.2. The number of likely N-dealkylation sites (N-methyl/N-ethyl adjacent to an activating group) is 1. The van der Waals surface area contributed by atoms with E-state index in [9.17, 15) is 20.4 Å². The van der Waals surface area contributed by atoms with Crippen molar-refractivity contribution in [3.8, 4) is 0 Å². The summed E-state index contributed by atoms with van der Waals surface area (Å²) >= 11 is 0. The van der Waals surface area contributed by atoms with E-state index in [0.717, 1.165) is 25.9 Å². The number of benzene rings is 1. The Balaban J connectivity index is 2.50. The molecule has 0 aliphatic heterocycles. The van der Waals surface area contributed by atoms with Gasteiger partial charge in [-0.05, 0) is 32.0 Å². The molecule has 6 N–H and O–H groups in total. The molecule has 0 bridgehead atoms. The molecule has 0 heterocycles. The van der Waals surface area contributed by atoms with E-state index >= 15 is 0 Å². The number of aryl methyl sites for hydroxylation is 1. The van der Waals surface area contributed by atoms with Crippen LogP contribution in [-0.2, 0) is 6.42 Å². The zero-order valence-electron chi connectivity index (χ0n) is 14.8. The normalized spacial score (nSPS) is 16.6. The highest BCUT2D eigenvalue weighted by Gasteiger charge is 2.30. The third-order valence-electron chi connectivity index (χ3n) is 4.23. The van der Waals surface area contributed by atoms with Crippen molar-refractivity contribution < 1.29 is 25.5 Å². The summed E-state index contributed by atoms with van der Waals surface area (Å²) in [5.41, 5.74) is 1.25. The van der Waals surface area contributed by atoms with Gasteiger partial charge in [0.1, 0.15) is 18.3 Å². The molecule has 25 heavy (non-hydrogen) atoms. The molecule has 0 spiro atoms. The van der Waals surface area contributed by atoms with Crippen LogP contribution in [-0.4, -0.2) is 94.7 Å². The summed E-state index contributed by atoms with van der Waals surface area (Å²) in [6.07, 6.45) is -3.98. The molecule has 4 atom stereocenters. The maximum absolute atomic E-state index is 10.2. The van der Waals surface area contributed by atoms with Gasteiger partial charge >= 0.3 is 0 Å². The predicted molar refractivity (Wildman–Crippen MR) is 96.2 cm³/mol. The van der Waals surface area contributed by atoms with Crippen LogP contribution in [0.15, 0.2) is 30.3 Å². The molecule has 0 aliphatic rings. The van der Waals surface area contributed by atoms with Crippen molar-refractivity contribution in [1.82, 2.24) is 10.2 Å². The standard InChI is InChI=1S/C18H32N2O5/c1-19-9-11-20(10-5-8-14-6-3-2-4-7-14)12-15(22)17(24)18(25)16(23)13-21/h2-4,6-7,15-19,21-25H,5,8-13H2,1H3/t15-,16+,17+,18+/m0/s1. The van der Waals surface area contributed by atoms with E-state index in [4.69, 9.17) is 5.11 Å². The quantitative estimate of drug-likeness (QED) is 0.257. The molecule has 0 aliphatic carbocycles. The first-order valence-electron chi connectivity index (χ1n) is 8.73. The monoisotopic (exact) mass is 356 g/mol. The molecule has 1 aromatic rings. The van der Waals surface area contributed by atoms with E-state index in [-0.39, 0.29) is 6.54 Å². The molecule has 0 saturated carbocycles. The SMILES string of the molecule is CNCCN(CCCc1ccccc1)C[C@H](O)[C@@H](O)[C@H](O)[C@H](O)CO. The van der Waals surface area contributed by atoms with E-state index in [0.29, 0.717) is 6.54 Å². The van der Waals surface area contributed by atoms with Crippen LogP contribution >= 0.6 is 0 Å². The largest absolute Gasteiger partial charge is 0.394 e. The van der Waals surface area contributed by atoms with Crippen LogP contribution in [0.4, 0.5) is 0 Å². The minimum absolute atomic E-state index is 0.173. The lowest BCUT2D eigenvalue weighted by atomic mass is 10.0. The number of nitrogens with zero attached hydrogens (tertiary/aromatic N) is 1. The third-order valence-corrected chi connectivity index (χ3v) is 4.23. The van der Waals surface area contributed by atoms with E-state index in [1.54, 1.807) is 0 Å². The van der Waals surface area contributed by atoms with Crippen LogP contribution < -0.4 is 5.32 Å². The number of nitrogens with one attached hydrogen (secondary N) is 1. The van der Waals surface area contributed by atoms with Crippen LogP contribution in [0, 0.1) is 0 Å². The van der Waals surface area contributed by atoms with Gasteiger partial charge in [0.2, 0.25) is 0 Å². The average molecular weight is 356 g/mol. The van der Waals surface area contributed by atoms with Crippen molar-refractivity contribution in [1.29, 1.82) is 0 Å². The van der Waals surface area contributed by atoms with Crippen LogP contribution in [0.25, 0.3) is 0 Å². The van der Waals surface area contributed by atoms with Gasteiger partial charge in [-0.1, -0.05) is 30.3 Å². The first-order chi connectivity index (χ1) is 12.0. The zero-order chi connectivity index (χ0) is 18.7. The van der Waals surface area contributed by atoms with Crippen molar-refractivity contribution in [2.24, 2.45) is 0 Å². The molecule has 0 saturated heterocycles. The van der Waals surface area contributed by atoms with Gasteiger partial charge in [0.25, 0.3) is 0 Å². The fourth-order valence-corrected chi connectivity index (χ4v) is 2.65. The minimum atomic E-state index is -1.59. The summed E-state index contributed by atoms with van der Waals surface area (Å²) < 4.78 is 0. The van der Waals surface area contributed by atoms with E-state index < -0.39 is 31.0 Å². The number of rotatable bonds is 13. The highest BCUT2D eigenvalue weighted by Crippen LogP contribution is 2.08. The van der Waals surface area contributed by atoms with Gasteiger partial charge in [-0.15, -0.1) is 0 Å². The molecule has 7 nitrogen and oxygen atoms in total. The van der Waals surface area contributed by atoms with Gasteiger partial charge in [-0.25, -0.2) is 0 Å². The molecular weight excluding hydrogens is 324 g/mol. The van der Waals surface area contributed by atoms with E-state index in [1.165, 1.54) is 5.56 Å². The number of aliphatic hydroxyl groups excluding tert-OH is 5. The second-order valence-corrected chi connectivity index (χ2v) is 6.29. The summed E-state index contributed by atoms with van der Waals surface area (Å²) in [6, 6.07) is 10.1. The Morgan fingerprint density at radius 3 is 2.20 bits per heavy atom. The molecule has 1 aromatic carbocycles. The van der Waals surface area contributed by atoms with E-state index in [1.807, 2.05) is 30.1 Å². The Labute approximate surface area is 149 Å². The summed E-state index contributed by atoms with van der Waals surface area (Å²) in [5.74, 6) is 0. The fraction of sp³-hybridized carbons (Fsp3) is 0.667. The minimum Gasteiger partial charge on any atom is -0.394 e. The molecule has 0 fully saturated rings. The van der Waals surface area contributed by atoms with Gasteiger partial charge in [0.15, 0.2) is 0 Å². The van der Waals surface area contributed by atoms with Gasteiger partial charge in [0.05, 0.1) is 12.7 Å². The predicted octanol–water partition coefficient (Wildman–Crippen LogP) is -1.42. The third kappa shape index (κ3) is 8.24. The molecule has 0 radical (unpaired) electrons. The van der Waals surface area contributed by atoms with Crippen molar-refractivity contribution in [3.63, 3.8) is 0 Å². The van der Waals surface area contributed by atoms with Crippen LogP contribution in [0.1, 0.15) is 12.0 Å². The summed E-state index contributed by atoms with van der Waals surface area (Å²) in [5, 5.41) is 51.1. The van der Waals surface area contributed by atoms with Crippen molar-refractivity contribution in [3.05, 3.63) is 35.9 Å². The first-order valence-corrected chi connectivity index (χ1v) is 8.73. The average Bonchev–Trinajstić information content (AvgIpc) is 2.64. The highest BCUT2D eigenvalue weighted by molar-refractivity contribution is 5.14. The lowest BCUT2D eigenvalue weighted by Gasteiger charge is -2.30. The van der Waals surface area contributed by atoms with Gasteiger partial charge < -0.3 is 30.8 Å². The van der Waals surface area contributed by atoms with E-state index in [2.05, 4.69) is 17.4 Å². The Morgan fingerprint density at radius 1 is 0.960 bits per heavy atom. The number of hydrogen-bond donors (Lipinski definition) is 6. The maximum Gasteiger partial charge on any atom is 0.111 e. The number of hydrogen-bond acceptors (Lipinski definition) is 7. The van der Waals surface area contributed by atoms with Crippen LogP contribution in [0.3, 0.4) is 0 Å².